The summed E-state index contributed by atoms with van der Waals surface area (Å²) in [4.78, 5) is 14.9. The average molecular weight is 731 g/mol. The third-order valence-corrected chi connectivity index (χ3v) is 11.1. The van der Waals surface area contributed by atoms with Gasteiger partial charge >= 0.3 is 0 Å². The number of benzene rings is 8. The summed E-state index contributed by atoms with van der Waals surface area (Å²) >= 11 is 0. The lowest BCUT2D eigenvalue weighted by Gasteiger charge is -2.08. The molecule has 4 heterocycles. The molecule has 6 heteroatoms. The highest BCUT2D eigenvalue weighted by molar-refractivity contribution is 6.15. The van der Waals surface area contributed by atoms with E-state index in [1.54, 1.807) is 0 Å². The number of hydrogen-bond acceptors (Lipinski definition) is 5. The fourth-order valence-corrected chi connectivity index (χ4v) is 8.42. The normalized spacial score (nSPS) is 11.9. The molecule has 0 aliphatic rings. The van der Waals surface area contributed by atoms with Crippen LogP contribution in [-0.4, -0.2) is 19.5 Å². The number of aromatic nitrogens is 4. The molecular weight excluding hydrogens is 701 g/mol. The number of hydrogen-bond donors (Lipinski definition) is 0. The molecule has 0 aliphatic heterocycles. The first-order valence-corrected chi connectivity index (χ1v) is 19.0. The highest BCUT2D eigenvalue weighted by Crippen LogP contribution is 2.41. The number of para-hydroxylation sites is 2. The number of nitrogens with zero attached hydrogens (tertiary/aromatic N) is 4. The summed E-state index contributed by atoms with van der Waals surface area (Å²) in [6.07, 6.45) is 0. The van der Waals surface area contributed by atoms with Crippen molar-refractivity contribution in [2.45, 2.75) is 0 Å². The Morgan fingerprint density at radius 3 is 1.58 bits per heavy atom. The minimum Gasteiger partial charge on any atom is -0.456 e. The van der Waals surface area contributed by atoms with Crippen molar-refractivity contribution in [2.24, 2.45) is 0 Å². The van der Waals surface area contributed by atoms with Crippen LogP contribution in [0.5, 0.6) is 0 Å². The van der Waals surface area contributed by atoms with Crippen molar-refractivity contribution >= 4 is 65.7 Å². The van der Waals surface area contributed by atoms with E-state index in [-0.39, 0.29) is 0 Å². The molecule has 0 amide bonds. The number of fused-ring (bicyclic) bond motifs is 9. The second-order valence-corrected chi connectivity index (χ2v) is 14.4. The van der Waals surface area contributed by atoms with Gasteiger partial charge in [0.05, 0.1) is 11.0 Å². The van der Waals surface area contributed by atoms with Gasteiger partial charge in [-0.2, -0.15) is 0 Å². The molecule has 0 spiro atoms. The summed E-state index contributed by atoms with van der Waals surface area (Å²) < 4.78 is 15.5. The first kappa shape index (κ1) is 31.5. The van der Waals surface area contributed by atoms with Crippen molar-refractivity contribution in [3.05, 3.63) is 182 Å². The van der Waals surface area contributed by atoms with Gasteiger partial charge in [-0.05, 0) is 71.8 Å². The van der Waals surface area contributed by atoms with E-state index in [0.717, 1.165) is 77.4 Å². The van der Waals surface area contributed by atoms with Gasteiger partial charge in [-0.1, -0.05) is 115 Å². The molecule has 0 radical (unpaired) electrons. The minimum atomic E-state index is 0.598. The molecule has 4 aromatic heterocycles. The highest BCUT2D eigenvalue weighted by Gasteiger charge is 2.19. The summed E-state index contributed by atoms with van der Waals surface area (Å²) in [5, 5.41) is 6.64. The molecule has 12 aromatic rings. The maximum absolute atomic E-state index is 6.67. The molecule has 0 saturated heterocycles. The standard InChI is InChI=1S/C51H30N4O2/c1-3-12-31(13-4-1)49-52-50(32-14-5-2-6-15-32)54-51(53-49)34-23-27-44-41(28-34)48-36(18-11-21-45(48)56-44)33-22-25-39-40-26-24-35(30-47(40)57-46(39)29-33)55-42-19-9-7-16-37(42)38-17-8-10-20-43(38)55/h1-30H. The van der Waals surface area contributed by atoms with Crippen LogP contribution in [0.3, 0.4) is 0 Å². The van der Waals surface area contributed by atoms with E-state index in [2.05, 4.69) is 102 Å². The summed E-state index contributed by atoms with van der Waals surface area (Å²) in [6, 6.07) is 62.7. The fraction of sp³-hybridized carbons (Fsp3) is 0. The monoisotopic (exact) mass is 730 g/mol. The first-order chi connectivity index (χ1) is 28.2. The van der Waals surface area contributed by atoms with Crippen LogP contribution in [-0.2, 0) is 0 Å². The van der Waals surface area contributed by atoms with Gasteiger partial charge < -0.3 is 13.4 Å². The molecule has 0 aliphatic carbocycles. The predicted molar refractivity (Wildman–Crippen MR) is 230 cm³/mol. The number of furan rings is 2. The lowest BCUT2D eigenvalue weighted by molar-refractivity contribution is 0.668. The zero-order chi connectivity index (χ0) is 37.5. The highest BCUT2D eigenvalue weighted by atomic mass is 16.3. The lowest BCUT2D eigenvalue weighted by Crippen LogP contribution is -2.00. The molecule has 0 atom stereocenters. The summed E-state index contributed by atoms with van der Waals surface area (Å²) in [7, 11) is 0. The Labute approximate surface area is 325 Å². The van der Waals surface area contributed by atoms with Gasteiger partial charge in [0, 0.05) is 60.8 Å². The molecule has 0 unspecified atom stereocenters. The van der Waals surface area contributed by atoms with Gasteiger partial charge in [0.15, 0.2) is 17.5 Å². The Kier molecular flexibility index (Phi) is 6.83. The van der Waals surface area contributed by atoms with Gasteiger partial charge in [0.25, 0.3) is 0 Å². The maximum atomic E-state index is 6.67. The number of rotatable bonds is 5. The van der Waals surface area contributed by atoms with E-state index in [9.17, 15) is 0 Å². The summed E-state index contributed by atoms with van der Waals surface area (Å²) in [5.74, 6) is 1.85. The van der Waals surface area contributed by atoms with Crippen LogP contribution < -0.4 is 0 Å². The average Bonchev–Trinajstić information content (AvgIpc) is 3.95. The molecule has 8 aromatic carbocycles. The molecule has 0 saturated carbocycles. The quantitative estimate of drug-likeness (QED) is 0.176. The third-order valence-electron chi connectivity index (χ3n) is 11.1. The van der Waals surface area contributed by atoms with Crippen molar-refractivity contribution in [3.8, 4) is 51.0 Å². The van der Waals surface area contributed by atoms with Crippen LogP contribution in [0.15, 0.2) is 191 Å². The molecule has 0 N–H and O–H groups in total. The minimum absolute atomic E-state index is 0.598. The molecule has 6 nitrogen and oxygen atoms in total. The predicted octanol–water partition coefficient (Wildman–Crippen LogP) is 13.4. The molecular formula is C51H30N4O2. The lowest BCUT2D eigenvalue weighted by atomic mass is 9.97. The van der Waals surface area contributed by atoms with Crippen LogP contribution in [0.4, 0.5) is 0 Å². The second-order valence-electron chi connectivity index (χ2n) is 14.4. The topological polar surface area (TPSA) is 69.9 Å². The Hall–Kier alpha value is -7.83. The smallest absolute Gasteiger partial charge is 0.164 e. The van der Waals surface area contributed by atoms with E-state index >= 15 is 0 Å². The van der Waals surface area contributed by atoms with E-state index in [4.69, 9.17) is 23.8 Å². The van der Waals surface area contributed by atoms with Gasteiger partial charge in [-0.25, -0.2) is 15.0 Å². The van der Waals surface area contributed by atoms with Gasteiger partial charge in [0.2, 0.25) is 0 Å². The zero-order valence-corrected chi connectivity index (χ0v) is 30.4. The third kappa shape index (κ3) is 5.01. The molecule has 266 valence electrons. The Morgan fingerprint density at radius 2 is 0.895 bits per heavy atom. The van der Waals surface area contributed by atoms with Gasteiger partial charge in [0.1, 0.15) is 22.3 Å². The summed E-state index contributed by atoms with van der Waals surface area (Å²) in [6.45, 7) is 0. The first-order valence-electron chi connectivity index (χ1n) is 19.0. The van der Waals surface area contributed by atoms with Crippen molar-refractivity contribution < 1.29 is 8.83 Å². The van der Waals surface area contributed by atoms with E-state index in [0.29, 0.717) is 17.5 Å². The second kappa shape index (κ2) is 12.3. The van der Waals surface area contributed by atoms with Gasteiger partial charge in [-0.15, -0.1) is 0 Å². The van der Waals surface area contributed by atoms with E-state index < -0.39 is 0 Å². The van der Waals surface area contributed by atoms with Crippen LogP contribution in [0, 0.1) is 0 Å². The van der Waals surface area contributed by atoms with Crippen LogP contribution in [0.25, 0.3) is 117 Å². The largest absolute Gasteiger partial charge is 0.456 e. The summed E-state index contributed by atoms with van der Waals surface area (Å²) in [5.41, 5.74) is 11.5. The molecule has 0 bridgehead atoms. The van der Waals surface area contributed by atoms with Gasteiger partial charge in [-0.3, -0.25) is 0 Å². The van der Waals surface area contributed by atoms with Crippen LogP contribution >= 0.6 is 0 Å². The van der Waals surface area contributed by atoms with Crippen LogP contribution in [0.1, 0.15) is 0 Å². The fourth-order valence-electron chi connectivity index (χ4n) is 8.42. The van der Waals surface area contributed by atoms with Crippen LogP contribution in [0.2, 0.25) is 0 Å². The molecule has 0 fully saturated rings. The Bertz CT molecular complexity index is 3410. The SMILES string of the molecule is c1ccc(-c2nc(-c3ccccc3)nc(-c3ccc4oc5cccc(-c6ccc7c(c6)oc6cc(-n8c9ccccc9c9ccccc98)ccc67)c5c4c3)n2)cc1. The molecule has 57 heavy (non-hydrogen) atoms. The van der Waals surface area contributed by atoms with Crippen molar-refractivity contribution in [1.29, 1.82) is 0 Å². The van der Waals surface area contributed by atoms with Crippen molar-refractivity contribution in [1.82, 2.24) is 19.5 Å². The van der Waals surface area contributed by atoms with Crippen molar-refractivity contribution in [3.63, 3.8) is 0 Å². The maximum Gasteiger partial charge on any atom is 0.164 e. The van der Waals surface area contributed by atoms with E-state index in [1.807, 2.05) is 84.9 Å². The van der Waals surface area contributed by atoms with E-state index in [1.165, 1.54) is 21.8 Å². The van der Waals surface area contributed by atoms with Crippen molar-refractivity contribution in [2.75, 3.05) is 0 Å². The molecule has 12 rings (SSSR count). The zero-order valence-electron chi connectivity index (χ0n) is 30.4. The Balaban J connectivity index is 0.989. The Morgan fingerprint density at radius 1 is 0.333 bits per heavy atom.